The fraction of sp³-hybridized carbons (Fsp3) is 0.375. The summed E-state index contributed by atoms with van der Waals surface area (Å²) >= 11 is 5.72. The van der Waals surface area contributed by atoms with Gasteiger partial charge in [0.15, 0.2) is 0 Å². The molecule has 1 saturated heterocycles. The summed E-state index contributed by atoms with van der Waals surface area (Å²) in [6.45, 7) is 0.438. The Bertz CT molecular complexity index is 861. The number of aromatic nitrogens is 2. The molecule has 1 aromatic heterocycles. The summed E-state index contributed by atoms with van der Waals surface area (Å²) in [6.07, 6.45) is 3.60. The van der Waals surface area contributed by atoms with Crippen LogP contribution in [-0.4, -0.2) is 41.9 Å². The minimum Gasteiger partial charge on any atom is -0.459 e. The van der Waals surface area contributed by atoms with Crippen LogP contribution in [0.25, 0.3) is 0 Å². The Morgan fingerprint density at radius 2 is 1.85 bits per heavy atom. The number of benzene rings is 1. The largest absolute Gasteiger partial charge is 0.459 e. The molecule has 0 radical (unpaired) electrons. The smallest absolute Gasteiger partial charge is 0.316 e. The first-order valence-electron chi connectivity index (χ1n) is 7.89. The second kappa shape index (κ2) is 7.81. The first kappa shape index (κ1) is 18.9. The zero-order valence-electron chi connectivity index (χ0n) is 13.6. The predicted molar refractivity (Wildman–Crippen MR) is 91.2 cm³/mol. The zero-order valence-corrected chi connectivity index (χ0v) is 15.2. The SMILES string of the molecule is O=S(=O)(Cc1cc(F)cc(F)c1)N1CCCC(Oc2ncc(Cl)cn2)C1. The number of hydrogen-bond donors (Lipinski definition) is 0. The van der Waals surface area contributed by atoms with Gasteiger partial charge < -0.3 is 4.74 Å². The van der Waals surface area contributed by atoms with Crippen LogP contribution in [-0.2, 0) is 15.8 Å². The Hall–Kier alpha value is -1.84. The van der Waals surface area contributed by atoms with Crippen LogP contribution >= 0.6 is 11.6 Å². The van der Waals surface area contributed by atoms with E-state index in [0.29, 0.717) is 30.5 Å². The lowest BCUT2D eigenvalue weighted by atomic mass is 10.1. The molecule has 0 amide bonds. The Balaban J connectivity index is 1.68. The molecule has 1 aromatic carbocycles. The molecule has 10 heteroatoms. The van der Waals surface area contributed by atoms with Crippen molar-refractivity contribution in [3.8, 4) is 6.01 Å². The summed E-state index contributed by atoms with van der Waals surface area (Å²) < 4.78 is 58.6. The molecule has 0 spiro atoms. The van der Waals surface area contributed by atoms with Gasteiger partial charge in [-0.3, -0.25) is 0 Å². The third kappa shape index (κ3) is 4.87. The number of ether oxygens (including phenoxy) is 1. The van der Waals surface area contributed by atoms with E-state index in [9.17, 15) is 17.2 Å². The van der Waals surface area contributed by atoms with Crippen LogP contribution in [0.2, 0.25) is 5.02 Å². The van der Waals surface area contributed by atoms with Crippen molar-refractivity contribution in [3.05, 3.63) is 52.8 Å². The normalized spacial score (nSPS) is 18.7. The van der Waals surface area contributed by atoms with E-state index in [1.807, 2.05) is 0 Å². The lowest BCUT2D eigenvalue weighted by Crippen LogP contribution is -2.44. The summed E-state index contributed by atoms with van der Waals surface area (Å²) in [5.41, 5.74) is 0.0616. The van der Waals surface area contributed by atoms with Crippen LogP contribution in [0.4, 0.5) is 8.78 Å². The van der Waals surface area contributed by atoms with E-state index in [2.05, 4.69) is 9.97 Å². The molecule has 1 aliphatic rings. The molecule has 140 valence electrons. The van der Waals surface area contributed by atoms with Crippen molar-refractivity contribution in [1.29, 1.82) is 0 Å². The van der Waals surface area contributed by atoms with E-state index in [0.717, 1.165) is 12.1 Å². The summed E-state index contributed by atoms with van der Waals surface area (Å²) in [7, 11) is -3.74. The van der Waals surface area contributed by atoms with Crippen molar-refractivity contribution < 1.29 is 21.9 Å². The Kier molecular flexibility index (Phi) is 5.69. The second-order valence-corrected chi connectivity index (χ2v) is 8.36. The lowest BCUT2D eigenvalue weighted by molar-refractivity contribution is 0.119. The van der Waals surface area contributed by atoms with Crippen molar-refractivity contribution in [2.75, 3.05) is 13.1 Å². The van der Waals surface area contributed by atoms with Gasteiger partial charge in [-0.1, -0.05) is 11.6 Å². The van der Waals surface area contributed by atoms with Crippen molar-refractivity contribution >= 4 is 21.6 Å². The second-order valence-electron chi connectivity index (χ2n) is 5.96. The average Bonchev–Trinajstić information content (AvgIpc) is 2.56. The highest BCUT2D eigenvalue weighted by Crippen LogP contribution is 2.21. The molecule has 1 atom stereocenters. The number of rotatable bonds is 5. The summed E-state index contributed by atoms with van der Waals surface area (Å²) in [4.78, 5) is 7.86. The third-order valence-electron chi connectivity index (χ3n) is 3.87. The minimum atomic E-state index is -3.74. The molecule has 1 fully saturated rings. The van der Waals surface area contributed by atoms with Gasteiger partial charge in [-0.2, -0.15) is 4.31 Å². The molecule has 0 N–H and O–H groups in total. The van der Waals surface area contributed by atoms with Crippen LogP contribution in [0, 0.1) is 11.6 Å². The summed E-state index contributed by atoms with van der Waals surface area (Å²) in [6, 6.07) is 2.85. The minimum absolute atomic E-state index is 0.0616. The van der Waals surface area contributed by atoms with Gasteiger partial charge >= 0.3 is 6.01 Å². The fourth-order valence-corrected chi connectivity index (χ4v) is 4.43. The fourth-order valence-electron chi connectivity index (χ4n) is 2.76. The molecule has 26 heavy (non-hydrogen) atoms. The first-order chi connectivity index (χ1) is 12.3. The van der Waals surface area contributed by atoms with Crippen molar-refractivity contribution in [2.45, 2.75) is 24.7 Å². The maximum Gasteiger partial charge on any atom is 0.316 e. The van der Waals surface area contributed by atoms with Gasteiger partial charge in [-0.15, -0.1) is 0 Å². The zero-order chi connectivity index (χ0) is 18.7. The molecule has 2 heterocycles. The van der Waals surface area contributed by atoms with E-state index in [1.165, 1.54) is 16.7 Å². The van der Waals surface area contributed by atoms with Gasteiger partial charge in [0.05, 0.1) is 29.7 Å². The van der Waals surface area contributed by atoms with Crippen molar-refractivity contribution in [2.24, 2.45) is 0 Å². The number of sulfonamides is 1. The van der Waals surface area contributed by atoms with Crippen molar-refractivity contribution in [1.82, 2.24) is 14.3 Å². The van der Waals surface area contributed by atoms with Crippen molar-refractivity contribution in [3.63, 3.8) is 0 Å². The van der Waals surface area contributed by atoms with E-state index >= 15 is 0 Å². The maximum atomic E-state index is 13.3. The monoisotopic (exact) mass is 403 g/mol. The summed E-state index contributed by atoms with van der Waals surface area (Å²) in [5, 5.41) is 0.368. The highest BCUT2D eigenvalue weighted by Gasteiger charge is 2.30. The van der Waals surface area contributed by atoms with E-state index in [-0.39, 0.29) is 18.1 Å². The third-order valence-corrected chi connectivity index (χ3v) is 5.89. The summed E-state index contributed by atoms with van der Waals surface area (Å²) in [5.74, 6) is -2.10. The van der Waals surface area contributed by atoms with Gasteiger partial charge in [0.25, 0.3) is 0 Å². The van der Waals surface area contributed by atoms with Gasteiger partial charge in [0.2, 0.25) is 10.0 Å². The maximum absolute atomic E-state index is 13.3. The van der Waals surface area contributed by atoms with Crippen LogP contribution in [0.3, 0.4) is 0 Å². The van der Waals surface area contributed by atoms with Crippen LogP contribution in [0.5, 0.6) is 6.01 Å². The van der Waals surface area contributed by atoms with Crippen LogP contribution < -0.4 is 4.74 Å². The molecular weight excluding hydrogens is 388 g/mol. The highest BCUT2D eigenvalue weighted by molar-refractivity contribution is 7.88. The molecule has 3 rings (SSSR count). The van der Waals surface area contributed by atoms with E-state index < -0.39 is 33.5 Å². The standard InChI is InChI=1S/C16H16ClF2N3O3S/c17-12-7-20-16(21-8-12)25-15-2-1-3-22(9-15)26(23,24)10-11-4-13(18)6-14(19)5-11/h4-8,15H,1-3,9-10H2. The van der Waals surface area contributed by atoms with Gasteiger partial charge in [0, 0.05) is 12.6 Å². The Morgan fingerprint density at radius 1 is 1.19 bits per heavy atom. The van der Waals surface area contributed by atoms with Gasteiger partial charge in [-0.25, -0.2) is 27.2 Å². The molecule has 1 aliphatic heterocycles. The number of halogens is 3. The quantitative estimate of drug-likeness (QED) is 0.767. The van der Waals surface area contributed by atoms with Crippen LogP contribution in [0.1, 0.15) is 18.4 Å². The predicted octanol–water partition coefficient (Wildman–Crippen LogP) is 2.78. The average molecular weight is 404 g/mol. The molecular formula is C16H16ClF2N3O3S. The first-order valence-corrected chi connectivity index (χ1v) is 9.87. The van der Waals surface area contributed by atoms with Gasteiger partial charge in [-0.05, 0) is 30.5 Å². The lowest BCUT2D eigenvalue weighted by Gasteiger charge is -2.31. The molecule has 6 nitrogen and oxygen atoms in total. The molecule has 0 bridgehead atoms. The van der Waals surface area contributed by atoms with Gasteiger partial charge in [0.1, 0.15) is 17.7 Å². The van der Waals surface area contributed by atoms with Crippen LogP contribution in [0.15, 0.2) is 30.6 Å². The topological polar surface area (TPSA) is 72.4 Å². The number of hydrogen-bond acceptors (Lipinski definition) is 5. The molecule has 0 aliphatic carbocycles. The number of piperidine rings is 1. The highest BCUT2D eigenvalue weighted by atomic mass is 35.5. The Morgan fingerprint density at radius 3 is 2.50 bits per heavy atom. The number of nitrogens with zero attached hydrogens (tertiary/aromatic N) is 3. The van der Waals surface area contributed by atoms with E-state index in [4.69, 9.17) is 16.3 Å². The molecule has 2 aromatic rings. The molecule has 1 unspecified atom stereocenters. The Labute approximate surface area is 154 Å². The van der Waals surface area contributed by atoms with E-state index in [1.54, 1.807) is 0 Å². The molecule has 0 saturated carbocycles.